The fourth-order valence-corrected chi connectivity index (χ4v) is 2.43. The summed E-state index contributed by atoms with van der Waals surface area (Å²) in [7, 11) is 0. The third kappa shape index (κ3) is 2.44. The third-order valence-electron chi connectivity index (χ3n) is 2.41. The van der Waals surface area contributed by atoms with E-state index in [0.717, 1.165) is 15.7 Å². The summed E-state index contributed by atoms with van der Waals surface area (Å²) in [6.07, 6.45) is 0. The minimum atomic E-state index is -0.385. The maximum Gasteiger partial charge on any atom is 0.165 e. The Morgan fingerprint density at radius 3 is 2.83 bits per heavy atom. The van der Waals surface area contributed by atoms with Gasteiger partial charge in [-0.2, -0.15) is 0 Å². The Labute approximate surface area is 109 Å². The average molecular weight is 267 g/mol. The first-order valence-corrected chi connectivity index (χ1v) is 6.34. The summed E-state index contributed by atoms with van der Waals surface area (Å²) < 4.78 is 18.9. The number of aromatic nitrogens is 1. The molecule has 96 valence electrons. The monoisotopic (exact) mass is 267 g/mol. The van der Waals surface area contributed by atoms with Crippen molar-refractivity contribution in [2.24, 2.45) is 5.84 Å². The second kappa shape index (κ2) is 5.32. The number of hydrogen-bond acceptors (Lipinski definition) is 5. The Hall–Kier alpha value is -1.66. The molecule has 0 fully saturated rings. The number of thiazole rings is 1. The summed E-state index contributed by atoms with van der Waals surface area (Å²) >= 11 is 1.39. The number of benzene rings is 1. The predicted octanol–water partition coefficient (Wildman–Crippen LogP) is 2.94. The maximum absolute atomic E-state index is 13.7. The van der Waals surface area contributed by atoms with E-state index >= 15 is 0 Å². The molecule has 0 aliphatic rings. The van der Waals surface area contributed by atoms with Crippen molar-refractivity contribution in [2.75, 3.05) is 12.0 Å². The van der Waals surface area contributed by atoms with E-state index in [9.17, 15) is 4.39 Å². The molecule has 2 aromatic rings. The van der Waals surface area contributed by atoms with Gasteiger partial charge >= 0.3 is 0 Å². The zero-order valence-electron chi connectivity index (χ0n) is 10.2. The molecular weight excluding hydrogens is 253 g/mol. The molecule has 6 heteroatoms. The standard InChI is InChI=1S/C12H14FN3OS/c1-3-17-10-5-4-8(6-9(10)13)12-15-7(2)11(16-14)18-12/h4-6,16H,3,14H2,1-2H3. The average Bonchev–Trinajstić information content (AvgIpc) is 2.73. The van der Waals surface area contributed by atoms with Gasteiger partial charge in [-0.15, -0.1) is 0 Å². The van der Waals surface area contributed by atoms with Gasteiger partial charge in [0.1, 0.15) is 10.0 Å². The zero-order valence-corrected chi connectivity index (χ0v) is 11.0. The number of ether oxygens (including phenoxy) is 1. The minimum absolute atomic E-state index is 0.256. The SMILES string of the molecule is CCOc1ccc(-c2nc(C)c(NN)s2)cc1F. The van der Waals surface area contributed by atoms with Crippen molar-refractivity contribution < 1.29 is 9.13 Å². The van der Waals surface area contributed by atoms with Gasteiger partial charge in [0.2, 0.25) is 0 Å². The molecule has 4 nitrogen and oxygen atoms in total. The number of anilines is 1. The fourth-order valence-electron chi connectivity index (χ4n) is 1.56. The molecule has 3 N–H and O–H groups in total. The Morgan fingerprint density at radius 2 is 2.28 bits per heavy atom. The van der Waals surface area contributed by atoms with E-state index in [-0.39, 0.29) is 11.6 Å². The first-order valence-electron chi connectivity index (χ1n) is 5.52. The number of hydrogen-bond donors (Lipinski definition) is 2. The molecule has 1 aromatic carbocycles. The van der Waals surface area contributed by atoms with Crippen molar-refractivity contribution in [3.8, 4) is 16.3 Å². The van der Waals surface area contributed by atoms with Crippen LogP contribution < -0.4 is 16.0 Å². The van der Waals surface area contributed by atoms with Crippen molar-refractivity contribution in [1.29, 1.82) is 0 Å². The van der Waals surface area contributed by atoms with Gasteiger partial charge in [-0.25, -0.2) is 15.2 Å². The highest BCUT2D eigenvalue weighted by molar-refractivity contribution is 7.19. The number of nitrogen functional groups attached to an aromatic ring is 1. The Bertz CT molecular complexity index is 556. The van der Waals surface area contributed by atoms with Gasteiger partial charge in [-0.05, 0) is 32.0 Å². The van der Waals surface area contributed by atoms with Crippen LogP contribution in [0.2, 0.25) is 0 Å². The lowest BCUT2D eigenvalue weighted by Crippen LogP contribution is -2.05. The van der Waals surface area contributed by atoms with Gasteiger partial charge in [-0.3, -0.25) is 0 Å². The van der Waals surface area contributed by atoms with Crippen LogP contribution in [0.1, 0.15) is 12.6 Å². The maximum atomic E-state index is 13.7. The van der Waals surface area contributed by atoms with Crippen LogP contribution in [0.15, 0.2) is 18.2 Å². The van der Waals surface area contributed by atoms with Gasteiger partial charge in [0.05, 0.1) is 12.3 Å². The van der Waals surface area contributed by atoms with Crippen molar-refractivity contribution in [2.45, 2.75) is 13.8 Å². The van der Waals surface area contributed by atoms with E-state index < -0.39 is 0 Å². The van der Waals surface area contributed by atoms with Crippen molar-refractivity contribution in [3.05, 3.63) is 29.7 Å². The van der Waals surface area contributed by atoms with E-state index in [0.29, 0.717) is 12.2 Å². The molecule has 0 aliphatic heterocycles. The molecule has 0 atom stereocenters. The zero-order chi connectivity index (χ0) is 13.1. The van der Waals surface area contributed by atoms with Crippen LogP contribution in [-0.4, -0.2) is 11.6 Å². The van der Waals surface area contributed by atoms with Crippen LogP contribution in [-0.2, 0) is 0 Å². The highest BCUT2D eigenvalue weighted by atomic mass is 32.1. The summed E-state index contributed by atoms with van der Waals surface area (Å²) in [6.45, 7) is 4.10. The van der Waals surface area contributed by atoms with Crippen LogP contribution in [0.4, 0.5) is 9.39 Å². The quantitative estimate of drug-likeness (QED) is 0.660. The molecule has 0 saturated heterocycles. The first kappa shape index (κ1) is 12.8. The predicted molar refractivity (Wildman–Crippen MR) is 71.2 cm³/mol. The van der Waals surface area contributed by atoms with E-state index in [4.69, 9.17) is 10.6 Å². The molecule has 0 spiro atoms. The largest absolute Gasteiger partial charge is 0.491 e. The lowest BCUT2D eigenvalue weighted by Gasteiger charge is -2.05. The molecule has 0 saturated carbocycles. The summed E-state index contributed by atoms with van der Waals surface area (Å²) in [5.74, 6) is 5.23. The highest BCUT2D eigenvalue weighted by Crippen LogP contribution is 2.32. The highest BCUT2D eigenvalue weighted by Gasteiger charge is 2.11. The molecule has 0 radical (unpaired) electrons. The van der Waals surface area contributed by atoms with Crippen LogP contribution in [0.5, 0.6) is 5.75 Å². The topological polar surface area (TPSA) is 60.2 Å². The van der Waals surface area contributed by atoms with Crippen molar-refractivity contribution in [3.63, 3.8) is 0 Å². The Balaban J connectivity index is 2.35. The number of aryl methyl sites for hydroxylation is 1. The number of nitrogens with two attached hydrogens (primary N) is 1. The molecule has 0 amide bonds. The molecule has 0 aliphatic carbocycles. The third-order valence-corrected chi connectivity index (χ3v) is 3.54. The molecular formula is C12H14FN3OS. The van der Waals surface area contributed by atoms with E-state index in [2.05, 4.69) is 10.4 Å². The van der Waals surface area contributed by atoms with Crippen LogP contribution in [0.3, 0.4) is 0 Å². The molecule has 18 heavy (non-hydrogen) atoms. The second-order valence-electron chi connectivity index (χ2n) is 3.66. The van der Waals surface area contributed by atoms with Crippen molar-refractivity contribution >= 4 is 16.3 Å². The first-order chi connectivity index (χ1) is 8.65. The van der Waals surface area contributed by atoms with Gasteiger partial charge in [0.15, 0.2) is 11.6 Å². The van der Waals surface area contributed by atoms with E-state index in [1.165, 1.54) is 17.4 Å². The smallest absolute Gasteiger partial charge is 0.165 e. The summed E-state index contributed by atoms with van der Waals surface area (Å²) in [6, 6.07) is 4.82. The number of nitrogens with one attached hydrogen (secondary N) is 1. The lowest BCUT2D eigenvalue weighted by atomic mass is 10.2. The van der Waals surface area contributed by atoms with Gasteiger partial charge in [0, 0.05) is 5.56 Å². The molecule has 2 rings (SSSR count). The summed E-state index contributed by atoms with van der Waals surface area (Å²) in [5, 5.41) is 1.50. The van der Waals surface area contributed by atoms with Gasteiger partial charge in [-0.1, -0.05) is 11.3 Å². The van der Waals surface area contributed by atoms with E-state index in [1.807, 2.05) is 13.8 Å². The van der Waals surface area contributed by atoms with Gasteiger partial charge < -0.3 is 10.2 Å². The molecule has 0 unspecified atom stereocenters. The number of rotatable bonds is 4. The lowest BCUT2D eigenvalue weighted by molar-refractivity contribution is 0.321. The van der Waals surface area contributed by atoms with Gasteiger partial charge in [0.25, 0.3) is 0 Å². The van der Waals surface area contributed by atoms with E-state index in [1.54, 1.807) is 12.1 Å². The number of halogens is 1. The van der Waals surface area contributed by atoms with Crippen LogP contribution >= 0.6 is 11.3 Å². The Morgan fingerprint density at radius 1 is 1.50 bits per heavy atom. The second-order valence-corrected chi connectivity index (χ2v) is 4.66. The minimum Gasteiger partial charge on any atom is -0.491 e. The number of hydrazine groups is 1. The van der Waals surface area contributed by atoms with Crippen molar-refractivity contribution in [1.82, 2.24) is 4.98 Å². The van der Waals surface area contributed by atoms with Crippen LogP contribution in [0.25, 0.3) is 10.6 Å². The summed E-state index contributed by atoms with van der Waals surface area (Å²) in [4.78, 5) is 4.34. The normalized spacial score (nSPS) is 10.4. The summed E-state index contributed by atoms with van der Waals surface area (Å²) in [5.41, 5.74) is 4.08. The Kier molecular flexibility index (Phi) is 3.78. The molecule has 1 heterocycles. The fraction of sp³-hybridized carbons (Fsp3) is 0.250. The van der Waals surface area contributed by atoms with Crippen LogP contribution in [0, 0.1) is 12.7 Å². The molecule has 1 aromatic heterocycles. The number of nitrogens with zero attached hydrogens (tertiary/aromatic N) is 1. The molecule has 0 bridgehead atoms.